The van der Waals surface area contributed by atoms with Crippen LogP contribution in [-0.2, 0) is 0 Å². The van der Waals surface area contributed by atoms with E-state index in [9.17, 15) is 13.6 Å². The normalized spacial score (nSPS) is 10.8. The average Bonchev–Trinajstić information content (AvgIpc) is 3.06. The van der Waals surface area contributed by atoms with Gasteiger partial charge in [-0.05, 0) is 62.4 Å². The Morgan fingerprint density at radius 1 is 1.11 bits per heavy atom. The van der Waals surface area contributed by atoms with Crippen LogP contribution in [0.2, 0.25) is 0 Å². The van der Waals surface area contributed by atoms with Crippen LogP contribution in [0.15, 0.2) is 48.5 Å². The summed E-state index contributed by atoms with van der Waals surface area (Å²) in [6, 6.07) is 13.2. The van der Waals surface area contributed by atoms with Gasteiger partial charge in [-0.3, -0.25) is 4.79 Å². The monoisotopic (exact) mass is 404 g/mol. The Hall–Kier alpha value is -3.00. The Balaban J connectivity index is 1.72. The van der Waals surface area contributed by atoms with Gasteiger partial charge in [0.2, 0.25) is 0 Å². The first-order chi connectivity index (χ1) is 13.5. The molecule has 2 aromatic carbocycles. The van der Waals surface area contributed by atoms with Crippen LogP contribution in [0.25, 0.3) is 10.6 Å². The number of anilines is 1. The molecule has 1 aromatic heterocycles. The second-order valence-electron chi connectivity index (χ2n) is 5.75. The molecule has 28 heavy (non-hydrogen) atoms. The van der Waals surface area contributed by atoms with Crippen molar-refractivity contribution in [2.45, 2.75) is 20.5 Å². The topological polar surface area (TPSA) is 60.5 Å². The van der Waals surface area contributed by atoms with Crippen LogP contribution in [0, 0.1) is 6.92 Å². The third kappa shape index (κ3) is 4.83. The number of amides is 1. The van der Waals surface area contributed by atoms with Crippen molar-refractivity contribution in [3.05, 3.63) is 59.1 Å². The van der Waals surface area contributed by atoms with Gasteiger partial charge in [0.1, 0.15) is 21.4 Å². The van der Waals surface area contributed by atoms with Crippen molar-refractivity contribution in [2.75, 3.05) is 11.9 Å². The fourth-order valence-electron chi connectivity index (χ4n) is 2.50. The number of alkyl halides is 2. The van der Waals surface area contributed by atoms with E-state index in [1.54, 1.807) is 6.92 Å². The molecule has 0 unspecified atom stereocenters. The molecule has 146 valence electrons. The number of hydrogen-bond donors (Lipinski definition) is 1. The number of nitrogens with zero attached hydrogens (tertiary/aromatic N) is 1. The van der Waals surface area contributed by atoms with Gasteiger partial charge in [-0.25, -0.2) is 4.98 Å². The maximum absolute atomic E-state index is 12.6. The summed E-state index contributed by atoms with van der Waals surface area (Å²) in [5, 5.41) is 3.47. The standard InChI is InChI=1S/C20H18F2N2O3S/c1-3-26-15-8-4-13(5-9-15)19-23-12(2)17(28-19)18(25)24-14-6-10-16(11-7-14)27-20(21)22/h4-11,20H,3H2,1-2H3,(H,24,25). The molecule has 0 aliphatic heterocycles. The zero-order valence-corrected chi connectivity index (χ0v) is 16.1. The van der Waals surface area contributed by atoms with Crippen molar-refractivity contribution in [1.82, 2.24) is 4.98 Å². The summed E-state index contributed by atoms with van der Waals surface area (Å²) in [6.45, 7) is 1.39. The van der Waals surface area contributed by atoms with Gasteiger partial charge < -0.3 is 14.8 Å². The fourth-order valence-corrected chi connectivity index (χ4v) is 3.47. The highest BCUT2D eigenvalue weighted by Crippen LogP contribution is 2.30. The smallest absolute Gasteiger partial charge is 0.387 e. The number of nitrogens with one attached hydrogen (secondary N) is 1. The summed E-state index contributed by atoms with van der Waals surface area (Å²) in [4.78, 5) is 17.5. The Morgan fingerprint density at radius 2 is 1.75 bits per heavy atom. The minimum atomic E-state index is -2.89. The molecule has 5 nitrogen and oxygen atoms in total. The van der Waals surface area contributed by atoms with Crippen LogP contribution in [-0.4, -0.2) is 24.1 Å². The first-order valence-corrected chi connectivity index (χ1v) is 9.34. The molecule has 0 fully saturated rings. The van der Waals surface area contributed by atoms with Crippen molar-refractivity contribution >= 4 is 22.9 Å². The molecule has 0 aliphatic rings. The number of halogens is 2. The van der Waals surface area contributed by atoms with E-state index in [0.29, 0.717) is 22.9 Å². The van der Waals surface area contributed by atoms with Gasteiger partial charge in [-0.1, -0.05) is 0 Å². The largest absolute Gasteiger partial charge is 0.494 e. The second kappa shape index (κ2) is 8.79. The van der Waals surface area contributed by atoms with Gasteiger partial charge in [0, 0.05) is 11.3 Å². The maximum Gasteiger partial charge on any atom is 0.387 e. The minimum absolute atomic E-state index is 0.0276. The Kier molecular flexibility index (Phi) is 6.20. The summed E-state index contributed by atoms with van der Waals surface area (Å²) < 4.78 is 34.1. The third-order valence-electron chi connectivity index (χ3n) is 3.75. The van der Waals surface area contributed by atoms with Crippen molar-refractivity contribution in [3.8, 4) is 22.1 Å². The number of rotatable bonds is 7. The second-order valence-corrected chi connectivity index (χ2v) is 6.75. The highest BCUT2D eigenvalue weighted by atomic mass is 32.1. The molecule has 3 aromatic rings. The van der Waals surface area contributed by atoms with Crippen LogP contribution in [0.3, 0.4) is 0 Å². The van der Waals surface area contributed by atoms with Crippen LogP contribution >= 0.6 is 11.3 Å². The van der Waals surface area contributed by atoms with E-state index < -0.39 is 6.61 Å². The van der Waals surface area contributed by atoms with Gasteiger partial charge in [0.15, 0.2) is 0 Å². The number of thiazole rings is 1. The summed E-state index contributed by atoms with van der Waals surface area (Å²) in [5.74, 6) is 0.492. The fraction of sp³-hybridized carbons (Fsp3) is 0.200. The number of aromatic nitrogens is 1. The molecule has 0 spiro atoms. The molecule has 0 atom stereocenters. The average molecular weight is 404 g/mol. The number of hydrogen-bond acceptors (Lipinski definition) is 5. The Labute approximate surface area is 164 Å². The number of aryl methyl sites for hydroxylation is 1. The summed E-state index contributed by atoms with van der Waals surface area (Å²) in [6.07, 6.45) is 0. The van der Waals surface area contributed by atoms with Crippen LogP contribution in [0.1, 0.15) is 22.3 Å². The predicted octanol–water partition coefficient (Wildman–Crippen LogP) is 5.37. The Bertz CT molecular complexity index is 941. The first-order valence-electron chi connectivity index (χ1n) is 8.53. The lowest BCUT2D eigenvalue weighted by Crippen LogP contribution is -2.11. The number of carbonyl (C=O) groups is 1. The van der Waals surface area contributed by atoms with Crippen molar-refractivity contribution in [3.63, 3.8) is 0 Å². The molecule has 1 amide bonds. The van der Waals surface area contributed by atoms with E-state index in [2.05, 4.69) is 15.0 Å². The zero-order valence-electron chi connectivity index (χ0n) is 15.2. The molecule has 0 radical (unpaired) electrons. The number of benzene rings is 2. The lowest BCUT2D eigenvalue weighted by atomic mass is 10.2. The van der Waals surface area contributed by atoms with Gasteiger partial charge >= 0.3 is 6.61 Å². The Morgan fingerprint density at radius 3 is 2.36 bits per heavy atom. The van der Waals surface area contributed by atoms with Gasteiger partial charge in [-0.2, -0.15) is 8.78 Å². The summed E-state index contributed by atoms with van der Waals surface area (Å²) in [5.41, 5.74) is 1.98. The maximum atomic E-state index is 12.6. The van der Waals surface area contributed by atoms with Gasteiger partial charge in [-0.15, -0.1) is 11.3 Å². The third-order valence-corrected chi connectivity index (χ3v) is 4.96. The van der Waals surface area contributed by atoms with Gasteiger partial charge in [0.05, 0.1) is 12.3 Å². The van der Waals surface area contributed by atoms with Crippen molar-refractivity contribution in [2.24, 2.45) is 0 Å². The van der Waals surface area contributed by atoms with Crippen molar-refractivity contribution in [1.29, 1.82) is 0 Å². The van der Waals surface area contributed by atoms with Crippen LogP contribution in [0.4, 0.5) is 14.5 Å². The molecular formula is C20H18F2N2O3S. The SMILES string of the molecule is CCOc1ccc(-c2nc(C)c(C(=O)Nc3ccc(OC(F)F)cc3)s2)cc1. The van der Waals surface area contributed by atoms with E-state index in [-0.39, 0.29) is 11.7 Å². The zero-order chi connectivity index (χ0) is 20.1. The lowest BCUT2D eigenvalue weighted by molar-refractivity contribution is -0.0498. The molecular weight excluding hydrogens is 386 g/mol. The van der Waals surface area contributed by atoms with Crippen LogP contribution in [0.5, 0.6) is 11.5 Å². The molecule has 0 saturated heterocycles. The highest BCUT2D eigenvalue weighted by molar-refractivity contribution is 7.17. The quantitative estimate of drug-likeness (QED) is 0.575. The molecule has 0 saturated carbocycles. The van der Waals surface area contributed by atoms with E-state index in [4.69, 9.17) is 4.74 Å². The lowest BCUT2D eigenvalue weighted by Gasteiger charge is -2.07. The molecule has 8 heteroatoms. The van der Waals surface area contributed by atoms with Crippen molar-refractivity contribution < 1.29 is 23.0 Å². The molecule has 3 rings (SSSR count). The highest BCUT2D eigenvalue weighted by Gasteiger charge is 2.17. The first kappa shape index (κ1) is 19.8. The number of carbonyl (C=O) groups excluding carboxylic acids is 1. The van der Waals surface area contributed by atoms with Crippen LogP contribution < -0.4 is 14.8 Å². The predicted molar refractivity (Wildman–Crippen MR) is 104 cm³/mol. The molecule has 0 bridgehead atoms. The molecule has 1 heterocycles. The molecule has 0 aliphatic carbocycles. The van der Waals surface area contributed by atoms with E-state index >= 15 is 0 Å². The van der Waals surface area contributed by atoms with Gasteiger partial charge in [0.25, 0.3) is 5.91 Å². The number of ether oxygens (including phenoxy) is 2. The van der Waals surface area contributed by atoms with E-state index in [1.165, 1.54) is 35.6 Å². The molecule has 1 N–H and O–H groups in total. The summed E-state index contributed by atoms with van der Waals surface area (Å²) >= 11 is 1.28. The minimum Gasteiger partial charge on any atom is -0.494 e. The van der Waals surface area contributed by atoms with E-state index in [1.807, 2.05) is 31.2 Å². The summed E-state index contributed by atoms with van der Waals surface area (Å²) in [7, 11) is 0. The van der Waals surface area contributed by atoms with E-state index in [0.717, 1.165) is 16.3 Å².